The van der Waals surface area contributed by atoms with Gasteiger partial charge in [0.15, 0.2) is 5.65 Å². The summed E-state index contributed by atoms with van der Waals surface area (Å²) in [6.07, 6.45) is 1.50. The predicted molar refractivity (Wildman–Crippen MR) is 111 cm³/mol. The van der Waals surface area contributed by atoms with Gasteiger partial charge in [0.25, 0.3) is 5.91 Å². The highest BCUT2D eigenvalue weighted by Gasteiger charge is 2.29. The molecular weight excluding hydrogens is 392 g/mol. The maximum Gasteiger partial charge on any atom is 0.257 e. The zero-order valence-corrected chi connectivity index (χ0v) is 17.6. The predicted octanol–water partition coefficient (Wildman–Crippen LogP) is 3.64. The number of rotatable bonds is 3. The van der Waals surface area contributed by atoms with Gasteiger partial charge in [-0.1, -0.05) is 17.7 Å². The molecule has 1 aliphatic rings. The van der Waals surface area contributed by atoms with Crippen LogP contribution in [0.2, 0.25) is 5.02 Å². The van der Waals surface area contributed by atoms with E-state index in [4.69, 9.17) is 21.1 Å². The Balaban J connectivity index is 1.77. The number of pyridine rings is 1. The molecule has 7 nitrogen and oxygen atoms in total. The molecule has 1 fully saturated rings. The average molecular weight is 415 g/mol. The van der Waals surface area contributed by atoms with Crippen molar-refractivity contribution in [3.05, 3.63) is 46.7 Å². The molecule has 4 rings (SSSR count). The van der Waals surface area contributed by atoms with Gasteiger partial charge in [-0.25, -0.2) is 9.67 Å². The van der Waals surface area contributed by atoms with E-state index in [2.05, 4.69) is 10.1 Å². The van der Waals surface area contributed by atoms with Crippen LogP contribution in [-0.4, -0.2) is 58.0 Å². The Morgan fingerprint density at radius 2 is 2.00 bits per heavy atom. The van der Waals surface area contributed by atoms with E-state index in [-0.39, 0.29) is 18.1 Å². The number of hydrogen-bond donors (Lipinski definition) is 0. The van der Waals surface area contributed by atoms with E-state index in [0.717, 1.165) is 11.4 Å². The van der Waals surface area contributed by atoms with Crippen molar-refractivity contribution in [2.24, 2.45) is 0 Å². The van der Waals surface area contributed by atoms with Crippen LogP contribution in [0, 0.1) is 6.92 Å². The summed E-state index contributed by atoms with van der Waals surface area (Å²) in [6, 6.07) is 7.54. The minimum absolute atomic E-state index is 0.0179. The van der Waals surface area contributed by atoms with Crippen molar-refractivity contribution >= 4 is 28.5 Å². The van der Waals surface area contributed by atoms with Crippen LogP contribution in [0.15, 0.2) is 30.5 Å². The molecule has 152 valence electrons. The molecule has 1 aromatic carbocycles. The van der Waals surface area contributed by atoms with Crippen molar-refractivity contribution in [3.8, 4) is 11.4 Å². The summed E-state index contributed by atoms with van der Waals surface area (Å²) in [4.78, 5) is 19.4. The number of nitrogens with zero attached hydrogens (tertiary/aromatic N) is 4. The number of benzene rings is 1. The van der Waals surface area contributed by atoms with Crippen LogP contribution in [-0.2, 0) is 4.74 Å². The van der Waals surface area contributed by atoms with Crippen LogP contribution in [0.3, 0.4) is 0 Å². The smallest absolute Gasteiger partial charge is 0.257 e. The number of carbonyl (C=O) groups excluding carboxylic acids is 1. The van der Waals surface area contributed by atoms with Gasteiger partial charge in [0.1, 0.15) is 5.75 Å². The van der Waals surface area contributed by atoms with E-state index in [0.29, 0.717) is 40.4 Å². The Morgan fingerprint density at radius 3 is 2.69 bits per heavy atom. The summed E-state index contributed by atoms with van der Waals surface area (Å²) < 4.78 is 12.7. The largest absolute Gasteiger partial charge is 0.497 e. The minimum atomic E-state index is -0.139. The van der Waals surface area contributed by atoms with E-state index < -0.39 is 0 Å². The minimum Gasteiger partial charge on any atom is -0.497 e. The molecule has 29 heavy (non-hydrogen) atoms. The molecule has 8 heteroatoms. The normalized spacial score (nSPS) is 19.6. The third kappa shape index (κ3) is 3.56. The number of ether oxygens (including phenoxy) is 2. The molecule has 0 aliphatic carbocycles. The second-order valence-electron chi connectivity index (χ2n) is 7.35. The van der Waals surface area contributed by atoms with E-state index in [1.165, 1.54) is 6.20 Å². The molecule has 3 aromatic rings. The van der Waals surface area contributed by atoms with E-state index in [1.54, 1.807) is 16.7 Å². The van der Waals surface area contributed by atoms with Gasteiger partial charge < -0.3 is 14.4 Å². The molecule has 1 aliphatic heterocycles. The maximum absolute atomic E-state index is 13.1. The molecular formula is C21H23ClN4O3. The van der Waals surface area contributed by atoms with Gasteiger partial charge in [-0.05, 0) is 32.9 Å². The highest BCUT2D eigenvalue weighted by Crippen LogP contribution is 2.31. The fourth-order valence-corrected chi connectivity index (χ4v) is 4.14. The monoisotopic (exact) mass is 414 g/mol. The number of hydrogen-bond acceptors (Lipinski definition) is 5. The van der Waals surface area contributed by atoms with Crippen molar-refractivity contribution < 1.29 is 14.3 Å². The molecule has 2 atom stereocenters. The molecule has 0 radical (unpaired) electrons. The summed E-state index contributed by atoms with van der Waals surface area (Å²) >= 11 is 6.70. The Labute approximate surface area is 174 Å². The first-order chi connectivity index (χ1) is 13.9. The third-order valence-electron chi connectivity index (χ3n) is 5.04. The standard InChI is InChI=1S/C21H23ClN4O3/c1-12-10-25(11-13(2)29-12)21(27)17-9-23-20-18(19(17)22)14(3)24-26(20)15-6-5-7-16(8-15)28-4/h5-9,12-13H,10-11H2,1-4H3/t12-,13-/m0/s1. The van der Waals surface area contributed by atoms with Crippen LogP contribution in [0.5, 0.6) is 5.75 Å². The Bertz CT molecular complexity index is 1070. The Kier molecular flexibility index (Phi) is 5.19. The molecule has 1 amide bonds. The summed E-state index contributed by atoms with van der Waals surface area (Å²) in [5.41, 5.74) is 2.49. The number of carbonyl (C=O) groups is 1. The maximum atomic E-state index is 13.1. The average Bonchev–Trinajstić information content (AvgIpc) is 3.04. The lowest BCUT2D eigenvalue weighted by Gasteiger charge is -2.35. The zero-order valence-electron chi connectivity index (χ0n) is 16.8. The summed E-state index contributed by atoms with van der Waals surface area (Å²) in [7, 11) is 1.62. The molecule has 0 N–H and O–H groups in total. The van der Waals surface area contributed by atoms with Gasteiger partial charge in [0, 0.05) is 25.4 Å². The van der Waals surface area contributed by atoms with E-state index >= 15 is 0 Å². The van der Waals surface area contributed by atoms with Crippen LogP contribution in [0.1, 0.15) is 29.9 Å². The summed E-state index contributed by atoms with van der Waals surface area (Å²) in [6.45, 7) is 6.83. The van der Waals surface area contributed by atoms with Gasteiger partial charge in [-0.15, -0.1) is 0 Å². The number of fused-ring (bicyclic) bond motifs is 1. The van der Waals surface area contributed by atoms with Crippen molar-refractivity contribution in [1.82, 2.24) is 19.7 Å². The van der Waals surface area contributed by atoms with Crippen molar-refractivity contribution in [2.45, 2.75) is 33.0 Å². The first-order valence-electron chi connectivity index (χ1n) is 9.52. The third-order valence-corrected chi connectivity index (χ3v) is 5.44. The van der Waals surface area contributed by atoms with E-state index in [9.17, 15) is 4.79 Å². The number of aryl methyl sites for hydroxylation is 1. The zero-order chi connectivity index (χ0) is 20.7. The molecule has 3 heterocycles. The molecule has 0 spiro atoms. The summed E-state index contributed by atoms with van der Waals surface area (Å²) in [5, 5.41) is 5.65. The number of aromatic nitrogens is 3. The molecule has 1 saturated heterocycles. The van der Waals surface area contributed by atoms with Crippen LogP contribution >= 0.6 is 11.6 Å². The van der Waals surface area contributed by atoms with E-state index in [1.807, 2.05) is 45.0 Å². The Hall–Kier alpha value is -2.64. The van der Waals surface area contributed by atoms with Gasteiger partial charge in [0.05, 0.1) is 46.7 Å². The lowest BCUT2D eigenvalue weighted by molar-refractivity contribution is -0.0586. The number of morpholine rings is 1. The Morgan fingerprint density at radius 1 is 1.28 bits per heavy atom. The van der Waals surface area contributed by atoms with Gasteiger partial charge >= 0.3 is 0 Å². The highest BCUT2D eigenvalue weighted by molar-refractivity contribution is 6.38. The molecule has 0 saturated carbocycles. The molecule has 0 bridgehead atoms. The fourth-order valence-electron chi connectivity index (χ4n) is 3.79. The molecule has 0 unspecified atom stereocenters. The number of halogens is 1. The van der Waals surface area contributed by atoms with Crippen LogP contribution < -0.4 is 4.74 Å². The molecule has 2 aromatic heterocycles. The van der Waals surface area contributed by atoms with Gasteiger partial charge in [-0.2, -0.15) is 5.10 Å². The number of amides is 1. The van der Waals surface area contributed by atoms with Gasteiger partial charge in [0.2, 0.25) is 0 Å². The highest BCUT2D eigenvalue weighted by atomic mass is 35.5. The second-order valence-corrected chi connectivity index (χ2v) is 7.73. The first-order valence-corrected chi connectivity index (χ1v) is 9.89. The lowest BCUT2D eigenvalue weighted by Crippen LogP contribution is -2.48. The lowest BCUT2D eigenvalue weighted by atomic mass is 10.1. The second kappa shape index (κ2) is 7.65. The van der Waals surface area contributed by atoms with Crippen molar-refractivity contribution in [2.75, 3.05) is 20.2 Å². The van der Waals surface area contributed by atoms with Gasteiger partial charge in [-0.3, -0.25) is 4.79 Å². The van der Waals surface area contributed by atoms with Crippen molar-refractivity contribution in [3.63, 3.8) is 0 Å². The SMILES string of the molecule is COc1cccc(-n2nc(C)c3c(Cl)c(C(=O)N4C[C@H](C)O[C@@H](C)C4)cnc32)c1. The first kappa shape index (κ1) is 19.7. The fraction of sp³-hybridized carbons (Fsp3) is 0.381. The topological polar surface area (TPSA) is 69.5 Å². The van der Waals surface area contributed by atoms with Crippen LogP contribution in [0.25, 0.3) is 16.7 Å². The van der Waals surface area contributed by atoms with Crippen molar-refractivity contribution in [1.29, 1.82) is 0 Å². The van der Waals surface area contributed by atoms with Crippen LogP contribution in [0.4, 0.5) is 0 Å². The number of methoxy groups -OCH3 is 1. The quantitative estimate of drug-likeness (QED) is 0.654. The summed E-state index contributed by atoms with van der Waals surface area (Å²) in [5.74, 6) is 0.581.